The van der Waals surface area contributed by atoms with Crippen molar-refractivity contribution in [3.8, 4) is 5.75 Å². The van der Waals surface area contributed by atoms with Crippen LogP contribution < -0.4 is 10.6 Å². The molecule has 0 saturated heterocycles. The van der Waals surface area contributed by atoms with Gasteiger partial charge in [-0.05, 0) is 42.8 Å². The Morgan fingerprint density at radius 1 is 1.26 bits per heavy atom. The van der Waals surface area contributed by atoms with Crippen LogP contribution in [0.4, 0.5) is 11.4 Å². The van der Waals surface area contributed by atoms with Gasteiger partial charge in [0.2, 0.25) is 5.91 Å². The Balaban J connectivity index is 1.84. The number of thioether (sulfide) groups is 1. The summed E-state index contributed by atoms with van der Waals surface area (Å²) in [5, 5.41) is 15.4. The molecule has 1 aliphatic heterocycles. The minimum absolute atomic E-state index is 0.0250. The molecule has 0 bridgehead atoms. The zero-order valence-corrected chi connectivity index (χ0v) is 13.4. The van der Waals surface area contributed by atoms with E-state index in [1.54, 1.807) is 36.0 Å². The molecule has 3 N–H and O–H groups in total. The number of rotatable bonds is 2. The maximum atomic E-state index is 12.4. The fourth-order valence-corrected chi connectivity index (χ4v) is 3.24. The van der Waals surface area contributed by atoms with Gasteiger partial charge in [0.1, 0.15) is 5.75 Å². The summed E-state index contributed by atoms with van der Waals surface area (Å²) in [5.74, 6) is 0.360. The molecule has 0 aromatic heterocycles. The highest BCUT2D eigenvalue weighted by Crippen LogP contribution is 2.32. The summed E-state index contributed by atoms with van der Waals surface area (Å²) < 4.78 is 0. The first-order chi connectivity index (χ1) is 11.0. The van der Waals surface area contributed by atoms with Gasteiger partial charge in [0.15, 0.2) is 0 Å². The van der Waals surface area contributed by atoms with Crippen molar-refractivity contribution in [3.63, 3.8) is 0 Å². The number of nitrogens with one attached hydrogen (secondary N) is 2. The van der Waals surface area contributed by atoms with E-state index in [1.165, 1.54) is 0 Å². The van der Waals surface area contributed by atoms with Crippen LogP contribution in [0.1, 0.15) is 22.3 Å². The van der Waals surface area contributed by atoms with E-state index in [9.17, 15) is 14.7 Å². The molecular weight excluding hydrogens is 312 g/mol. The number of phenolic OH excluding ortho intramolecular Hbond substituents is 1. The van der Waals surface area contributed by atoms with Crippen LogP contribution in [0.3, 0.4) is 0 Å². The predicted octanol–water partition coefficient (Wildman–Crippen LogP) is 3.39. The number of aryl methyl sites for hydroxylation is 1. The predicted molar refractivity (Wildman–Crippen MR) is 91.2 cm³/mol. The van der Waals surface area contributed by atoms with E-state index in [-0.39, 0.29) is 17.6 Å². The summed E-state index contributed by atoms with van der Waals surface area (Å²) in [6, 6.07) is 10.3. The van der Waals surface area contributed by atoms with Crippen LogP contribution in [0.5, 0.6) is 5.75 Å². The molecule has 6 heteroatoms. The molecule has 3 rings (SSSR count). The van der Waals surface area contributed by atoms with Crippen molar-refractivity contribution < 1.29 is 14.7 Å². The maximum Gasteiger partial charge on any atom is 0.255 e. The molecule has 0 fully saturated rings. The largest absolute Gasteiger partial charge is 0.506 e. The highest BCUT2D eigenvalue weighted by Gasteiger charge is 2.16. The van der Waals surface area contributed by atoms with Crippen LogP contribution >= 0.6 is 11.8 Å². The van der Waals surface area contributed by atoms with E-state index in [0.717, 1.165) is 16.2 Å². The molecule has 5 nitrogen and oxygen atoms in total. The van der Waals surface area contributed by atoms with Crippen LogP contribution in [0.15, 0.2) is 41.3 Å². The van der Waals surface area contributed by atoms with Crippen LogP contribution in [-0.4, -0.2) is 22.7 Å². The van der Waals surface area contributed by atoms with Gasteiger partial charge in [0.05, 0.1) is 11.4 Å². The third kappa shape index (κ3) is 3.48. The standard InChI is InChI=1S/C17H16N2O3S/c1-10-2-4-12(14(20)8-10)19-17(22)11-3-5-15-13(9-11)18-16(21)6-7-23-15/h2-5,8-9,20H,6-7H2,1H3,(H,18,21)(H,19,22). The number of aromatic hydroxyl groups is 1. The zero-order chi connectivity index (χ0) is 16.4. The summed E-state index contributed by atoms with van der Waals surface area (Å²) in [7, 11) is 0. The highest BCUT2D eigenvalue weighted by molar-refractivity contribution is 7.99. The summed E-state index contributed by atoms with van der Waals surface area (Å²) >= 11 is 1.59. The van der Waals surface area contributed by atoms with Crippen molar-refractivity contribution in [1.29, 1.82) is 0 Å². The topological polar surface area (TPSA) is 78.4 Å². The van der Waals surface area contributed by atoms with Crippen LogP contribution in [0.25, 0.3) is 0 Å². The molecular formula is C17H16N2O3S. The molecule has 2 aromatic rings. The Bertz CT molecular complexity index is 789. The number of fused-ring (bicyclic) bond motifs is 1. The van der Waals surface area contributed by atoms with Crippen LogP contribution in [0, 0.1) is 6.92 Å². The first-order valence-corrected chi connectivity index (χ1v) is 8.19. The molecule has 23 heavy (non-hydrogen) atoms. The van der Waals surface area contributed by atoms with Crippen molar-refractivity contribution in [1.82, 2.24) is 0 Å². The summed E-state index contributed by atoms with van der Waals surface area (Å²) in [4.78, 5) is 24.9. The quantitative estimate of drug-likeness (QED) is 0.739. The lowest BCUT2D eigenvalue weighted by atomic mass is 10.1. The first-order valence-electron chi connectivity index (χ1n) is 7.20. The molecule has 0 radical (unpaired) electrons. The number of anilines is 2. The van der Waals surface area contributed by atoms with E-state index in [0.29, 0.717) is 23.4 Å². The van der Waals surface area contributed by atoms with Crippen molar-refractivity contribution in [2.24, 2.45) is 0 Å². The average Bonchev–Trinajstić information content (AvgIpc) is 2.69. The first kappa shape index (κ1) is 15.4. The highest BCUT2D eigenvalue weighted by atomic mass is 32.2. The summed E-state index contributed by atoms with van der Waals surface area (Å²) in [5.41, 5.74) is 2.34. The van der Waals surface area contributed by atoms with Gasteiger partial charge in [-0.3, -0.25) is 9.59 Å². The van der Waals surface area contributed by atoms with Crippen molar-refractivity contribution in [2.45, 2.75) is 18.2 Å². The Morgan fingerprint density at radius 2 is 2.09 bits per heavy atom. The lowest BCUT2D eigenvalue weighted by Crippen LogP contribution is -2.14. The number of amides is 2. The minimum Gasteiger partial charge on any atom is -0.506 e. The Labute approximate surface area is 138 Å². The normalized spacial score (nSPS) is 13.7. The lowest BCUT2D eigenvalue weighted by Gasteiger charge is -2.11. The van der Waals surface area contributed by atoms with Gasteiger partial charge in [0, 0.05) is 22.6 Å². The molecule has 0 saturated carbocycles. The van der Waals surface area contributed by atoms with Crippen LogP contribution in [0.2, 0.25) is 0 Å². The molecule has 2 aromatic carbocycles. The van der Waals surface area contributed by atoms with E-state index < -0.39 is 0 Å². The van der Waals surface area contributed by atoms with E-state index in [4.69, 9.17) is 0 Å². The lowest BCUT2D eigenvalue weighted by molar-refractivity contribution is -0.115. The third-order valence-corrected chi connectivity index (χ3v) is 4.58. The molecule has 0 aliphatic carbocycles. The summed E-state index contributed by atoms with van der Waals surface area (Å²) in [6.45, 7) is 1.86. The second-order valence-electron chi connectivity index (χ2n) is 5.33. The molecule has 2 amide bonds. The van der Waals surface area contributed by atoms with Crippen molar-refractivity contribution in [2.75, 3.05) is 16.4 Å². The van der Waals surface area contributed by atoms with Gasteiger partial charge in [-0.15, -0.1) is 11.8 Å². The van der Waals surface area contributed by atoms with Gasteiger partial charge in [-0.1, -0.05) is 6.07 Å². The molecule has 0 atom stereocenters. The Morgan fingerprint density at radius 3 is 2.87 bits per heavy atom. The number of hydrogen-bond donors (Lipinski definition) is 3. The second kappa shape index (κ2) is 6.34. The van der Waals surface area contributed by atoms with Gasteiger partial charge >= 0.3 is 0 Å². The molecule has 118 valence electrons. The van der Waals surface area contributed by atoms with Gasteiger partial charge in [-0.2, -0.15) is 0 Å². The fraction of sp³-hybridized carbons (Fsp3) is 0.176. The van der Waals surface area contributed by atoms with Gasteiger partial charge < -0.3 is 15.7 Å². The number of hydrogen-bond acceptors (Lipinski definition) is 4. The SMILES string of the molecule is Cc1ccc(NC(=O)c2ccc3c(c2)NC(=O)CCS3)c(O)c1. The Kier molecular flexibility index (Phi) is 4.25. The van der Waals surface area contributed by atoms with E-state index in [1.807, 2.05) is 19.1 Å². The molecule has 0 unspecified atom stereocenters. The molecule has 1 aliphatic rings. The maximum absolute atomic E-state index is 12.4. The fourth-order valence-electron chi connectivity index (χ4n) is 2.30. The zero-order valence-electron chi connectivity index (χ0n) is 12.6. The summed E-state index contributed by atoms with van der Waals surface area (Å²) in [6.07, 6.45) is 0.456. The molecule has 0 spiro atoms. The second-order valence-corrected chi connectivity index (χ2v) is 6.47. The van der Waals surface area contributed by atoms with Crippen molar-refractivity contribution >= 4 is 35.0 Å². The van der Waals surface area contributed by atoms with Gasteiger partial charge in [-0.25, -0.2) is 0 Å². The third-order valence-electron chi connectivity index (χ3n) is 3.50. The van der Waals surface area contributed by atoms with Crippen LogP contribution in [-0.2, 0) is 4.79 Å². The smallest absolute Gasteiger partial charge is 0.255 e. The van der Waals surface area contributed by atoms with Gasteiger partial charge in [0.25, 0.3) is 5.91 Å². The Hall–Kier alpha value is -2.47. The number of carbonyl (C=O) groups excluding carboxylic acids is 2. The average molecular weight is 328 g/mol. The van der Waals surface area contributed by atoms with Crippen molar-refractivity contribution in [3.05, 3.63) is 47.5 Å². The van der Waals surface area contributed by atoms with E-state index >= 15 is 0 Å². The number of carbonyl (C=O) groups is 2. The van der Waals surface area contributed by atoms with E-state index in [2.05, 4.69) is 10.6 Å². The minimum atomic E-state index is -0.338. The molecule has 1 heterocycles. The monoisotopic (exact) mass is 328 g/mol. The number of phenols is 1. The number of benzene rings is 2.